The van der Waals surface area contributed by atoms with Crippen molar-refractivity contribution in [3.8, 4) is 22.3 Å². The van der Waals surface area contributed by atoms with E-state index >= 15 is 0 Å². The van der Waals surface area contributed by atoms with Crippen LogP contribution in [0, 0.1) is 0 Å². The molecule has 224 valence electrons. The SMILES string of the molecule is C1=CC(C2=NC(c3ccc(-c4ccc5ccccc5c4)cc3)N=C(c3cccc4oc5cc(-c6ccccc6)ccc5c34)N2)=CCC1. The van der Waals surface area contributed by atoms with E-state index in [4.69, 9.17) is 14.4 Å². The lowest BCUT2D eigenvalue weighted by Crippen LogP contribution is -2.36. The van der Waals surface area contributed by atoms with E-state index in [1.54, 1.807) is 0 Å². The van der Waals surface area contributed by atoms with Gasteiger partial charge >= 0.3 is 0 Å². The fourth-order valence-electron chi connectivity index (χ4n) is 6.72. The zero-order valence-corrected chi connectivity index (χ0v) is 25.7. The molecule has 0 bridgehead atoms. The lowest BCUT2D eigenvalue weighted by Gasteiger charge is -2.24. The predicted octanol–water partition coefficient (Wildman–Crippen LogP) is 10.8. The van der Waals surface area contributed by atoms with Crippen LogP contribution < -0.4 is 5.32 Å². The number of fused-ring (bicyclic) bond motifs is 4. The van der Waals surface area contributed by atoms with Gasteiger partial charge in [0.1, 0.15) is 22.8 Å². The first-order valence-electron chi connectivity index (χ1n) is 16.2. The first-order valence-corrected chi connectivity index (χ1v) is 16.2. The first-order chi connectivity index (χ1) is 23.3. The standard InChI is InChI=1S/C43H31N3O/c1-3-10-28(11-4-1)35-24-25-36-39(27-35)47-38-17-9-16-37(40(36)38)43-45-41(31-13-5-2-6-14-31)44-42(46-43)32-21-18-30(19-22-32)34-23-20-29-12-7-8-15-33(29)26-34/h1,3-5,7-27,42H,2,6H2,(H,44,45,46). The minimum Gasteiger partial charge on any atom is -0.456 e. The summed E-state index contributed by atoms with van der Waals surface area (Å²) >= 11 is 0. The van der Waals surface area contributed by atoms with Crippen molar-refractivity contribution >= 4 is 44.4 Å². The second-order valence-electron chi connectivity index (χ2n) is 12.1. The molecule has 1 atom stereocenters. The van der Waals surface area contributed by atoms with E-state index in [-0.39, 0.29) is 6.17 Å². The van der Waals surface area contributed by atoms with E-state index in [0.29, 0.717) is 0 Å². The summed E-state index contributed by atoms with van der Waals surface area (Å²) in [7, 11) is 0. The van der Waals surface area contributed by atoms with Gasteiger partial charge in [-0.25, -0.2) is 9.98 Å². The van der Waals surface area contributed by atoms with Crippen molar-refractivity contribution in [3.05, 3.63) is 168 Å². The van der Waals surface area contributed by atoms with Gasteiger partial charge in [-0.15, -0.1) is 0 Å². The lowest BCUT2D eigenvalue weighted by atomic mass is 9.99. The normalized spacial score (nSPS) is 16.2. The van der Waals surface area contributed by atoms with Gasteiger partial charge in [-0.3, -0.25) is 0 Å². The molecular weight excluding hydrogens is 574 g/mol. The van der Waals surface area contributed by atoms with Gasteiger partial charge in [0.25, 0.3) is 0 Å². The number of allylic oxidation sites excluding steroid dienone is 2. The van der Waals surface area contributed by atoms with Crippen LogP contribution in [0.3, 0.4) is 0 Å². The molecule has 1 aliphatic heterocycles. The first kappa shape index (κ1) is 27.3. The Morgan fingerprint density at radius 1 is 0.574 bits per heavy atom. The molecule has 0 amide bonds. The summed E-state index contributed by atoms with van der Waals surface area (Å²) < 4.78 is 6.45. The summed E-state index contributed by atoms with van der Waals surface area (Å²) in [6, 6.07) is 46.9. The van der Waals surface area contributed by atoms with Crippen LogP contribution in [0.1, 0.15) is 30.1 Å². The fraction of sp³-hybridized carbons (Fsp3) is 0.0698. The van der Waals surface area contributed by atoms with Crippen LogP contribution in [0.4, 0.5) is 0 Å². The Bertz CT molecular complexity index is 2430. The molecule has 6 aromatic carbocycles. The Labute approximate surface area is 273 Å². The number of amidine groups is 2. The molecule has 4 heteroatoms. The summed E-state index contributed by atoms with van der Waals surface area (Å²) in [6.07, 6.45) is 8.29. The zero-order valence-electron chi connectivity index (χ0n) is 25.7. The van der Waals surface area contributed by atoms with E-state index in [9.17, 15) is 0 Å². The van der Waals surface area contributed by atoms with E-state index in [2.05, 4.69) is 139 Å². The third-order valence-corrected chi connectivity index (χ3v) is 9.16. The molecular formula is C43H31N3O. The fourth-order valence-corrected chi connectivity index (χ4v) is 6.72. The van der Waals surface area contributed by atoms with E-state index in [0.717, 1.165) is 74.3 Å². The van der Waals surface area contributed by atoms with Crippen molar-refractivity contribution in [2.24, 2.45) is 9.98 Å². The van der Waals surface area contributed by atoms with Gasteiger partial charge in [0.2, 0.25) is 0 Å². The number of furan rings is 1. The molecule has 2 aliphatic rings. The minimum atomic E-state index is -0.388. The van der Waals surface area contributed by atoms with Crippen molar-refractivity contribution in [2.45, 2.75) is 19.0 Å². The molecule has 0 spiro atoms. The topological polar surface area (TPSA) is 49.9 Å². The summed E-state index contributed by atoms with van der Waals surface area (Å²) in [4.78, 5) is 10.4. The van der Waals surface area contributed by atoms with Crippen LogP contribution in [0.25, 0.3) is 55.0 Å². The van der Waals surface area contributed by atoms with Crippen molar-refractivity contribution in [2.75, 3.05) is 0 Å². The van der Waals surface area contributed by atoms with Gasteiger partial charge < -0.3 is 9.73 Å². The van der Waals surface area contributed by atoms with Crippen LogP contribution in [-0.2, 0) is 0 Å². The average molecular weight is 606 g/mol. The zero-order chi connectivity index (χ0) is 31.2. The quantitative estimate of drug-likeness (QED) is 0.212. The van der Waals surface area contributed by atoms with Crippen molar-refractivity contribution in [3.63, 3.8) is 0 Å². The van der Waals surface area contributed by atoms with E-state index < -0.39 is 0 Å². The highest BCUT2D eigenvalue weighted by atomic mass is 16.3. The van der Waals surface area contributed by atoms with Crippen LogP contribution in [0.5, 0.6) is 0 Å². The molecule has 4 nitrogen and oxygen atoms in total. The molecule has 47 heavy (non-hydrogen) atoms. The van der Waals surface area contributed by atoms with Crippen LogP contribution >= 0.6 is 0 Å². The summed E-state index contributed by atoms with van der Waals surface area (Å²) in [6.45, 7) is 0. The van der Waals surface area contributed by atoms with Gasteiger partial charge in [-0.05, 0) is 75.7 Å². The van der Waals surface area contributed by atoms with Gasteiger partial charge in [-0.2, -0.15) is 0 Å². The highest BCUT2D eigenvalue weighted by Crippen LogP contribution is 2.36. The maximum Gasteiger partial charge on any atom is 0.169 e. The molecule has 0 fully saturated rings. The second-order valence-corrected chi connectivity index (χ2v) is 12.1. The maximum absolute atomic E-state index is 6.45. The smallest absolute Gasteiger partial charge is 0.169 e. The lowest BCUT2D eigenvalue weighted by molar-refractivity contribution is 0.669. The number of nitrogens with zero attached hydrogens (tertiary/aromatic N) is 2. The highest BCUT2D eigenvalue weighted by Gasteiger charge is 2.24. The molecule has 1 unspecified atom stereocenters. The Hall–Kier alpha value is -6.00. The maximum atomic E-state index is 6.45. The molecule has 1 aromatic heterocycles. The van der Waals surface area contributed by atoms with Crippen LogP contribution in [-0.4, -0.2) is 11.7 Å². The Balaban J connectivity index is 1.13. The molecule has 0 saturated carbocycles. The van der Waals surface area contributed by atoms with Gasteiger partial charge in [0.05, 0.1) is 0 Å². The number of hydrogen-bond donors (Lipinski definition) is 1. The van der Waals surface area contributed by atoms with Crippen molar-refractivity contribution in [1.82, 2.24) is 5.32 Å². The molecule has 9 rings (SSSR count). The third kappa shape index (κ3) is 5.04. The number of hydrogen-bond acceptors (Lipinski definition) is 4. The monoisotopic (exact) mass is 605 g/mol. The predicted molar refractivity (Wildman–Crippen MR) is 195 cm³/mol. The largest absolute Gasteiger partial charge is 0.456 e. The third-order valence-electron chi connectivity index (χ3n) is 9.16. The van der Waals surface area contributed by atoms with E-state index in [1.807, 2.05) is 18.2 Å². The molecule has 0 radical (unpaired) electrons. The van der Waals surface area contributed by atoms with Crippen molar-refractivity contribution < 1.29 is 4.42 Å². The Kier molecular flexibility index (Phi) is 6.64. The number of nitrogens with one attached hydrogen (secondary N) is 1. The number of benzene rings is 6. The summed E-state index contributed by atoms with van der Waals surface area (Å²) in [5.41, 5.74) is 9.49. The molecule has 1 aliphatic carbocycles. The minimum absolute atomic E-state index is 0.388. The Morgan fingerprint density at radius 3 is 2.17 bits per heavy atom. The molecule has 0 saturated heterocycles. The van der Waals surface area contributed by atoms with Crippen molar-refractivity contribution in [1.29, 1.82) is 0 Å². The van der Waals surface area contributed by atoms with E-state index in [1.165, 1.54) is 21.9 Å². The number of rotatable bonds is 5. The van der Waals surface area contributed by atoms with Crippen LogP contribution in [0.2, 0.25) is 0 Å². The van der Waals surface area contributed by atoms with Crippen LogP contribution in [0.15, 0.2) is 172 Å². The Morgan fingerprint density at radius 2 is 1.32 bits per heavy atom. The molecule has 7 aromatic rings. The average Bonchev–Trinajstić information content (AvgIpc) is 3.53. The molecule has 2 heterocycles. The summed E-state index contributed by atoms with van der Waals surface area (Å²) in [5, 5.41) is 8.21. The molecule has 1 N–H and O–H groups in total. The van der Waals surface area contributed by atoms with Gasteiger partial charge in [0.15, 0.2) is 6.17 Å². The van der Waals surface area contributed by atoms with Gasteiger partial charge in [0, 0.05) is 21.9 Å². The second kappa shape index (κ2) is 11.4. The highest BCUT2D eigenvalue weighted by molar-refractivity contribution is 6.24. The summed E-state index contributed by atoms with van der Waals surface area (Å²) in [5.74, 6) is 1.63. The number of aliphatic imine (C=N–C) groups is 2. The van der Waals surface area contributed by atoms with Gasteiger partial charge in [-0.1, -0.05) is 127 Å².